The van der Waals surface area contributed by atoms with E-state index in [9.17, 15) is 4.79 Å². The number of aromatic nitrogens is 2. The Morgan fingerprint density at radius 2 is 2.00 bits per heavy atom. The smallest absolute Gasteiger partial charge is 0.415 e. The average molecular weight is 570 g/mol. The Morgan fingerprint density at radius 3 is 2.71 bits per heavy atom. The number of likely N-dealkylation sites (N-methyl/N-ethyl adjacent to an activating group) is 1. The largest absolute Gasteiger partial charge is 0.493 e. The first-order valence-electron chi connectivity index (χ1n) is 14.0. The Labute approximate surface area is 238 Å². The van der Waals surface area contributed by atoms with Gasteiger partial charge in [-0.15, -0.1) is 0 Å². The number of piperazine rings is 1. The molecule has 5 rings (SSSR count). The molecule has 9 nitrogen and oxygen atoms in total. The van der Waals surface area contributed by atoms with E-state index >= 15 is 8.78 Å². The fourth-order valence-corrected chi connectivity index (χ4v) is 5.52. The molecule has 3 atom stereocenters. The van der Waals surface area contributed by atoms with Crippen LogP contribution < -0.4 is 14.8 Å². The van der Waals surface area contributed by atoms with E-state index < -0.39 is 18.1 Å². The van der Waals surface area contributed by atoms with Crippen molar-refractivity contribution in [3.63, 3.8) is 0 Å². The Kier molecular flexibility index (Phi) is 8.28. The number of alkyl halides is 2. The maximum atomic E-state index is 15.2. The molecule has 2 aliphatic rings. The third-order valence-electron chi connectivity index (χ3n) is 7.81. The Bertz CT molecular complexity index is 1420. The second-order valence-electron chi connectivity index (χ2n) is 10.9. The van der Waals surface area contributed by atoms with E-state index in [1.54, 1.807) is 36.1 Å². The van der Waals surface area contributed by atoms with E-state index in [1.165, 1.54) is 19.2 Å². The summed E-state index contributed by atoms with van der Waals surface area (Å²) >= 11 is 0. The first kappa shape index (κ1) is 28.9. The van der Waals surface area contributed by atoms with Crippen LogP contribution in [0.3, 0.4) is 0 Å². The van der Waals surface area contributed by atoms with Gasteiger partial charge in [-0.1, -0.05) is 18.2 Å². The molecule has 1 aromatic heterocycles. The molecular weight excluding hydrogens is 532 g/mol. The number of carbonyl (C=O) groups is 1. The molecule has 1 N–H and O–H groups in total. The number of fused-ring (bicyclic) bond motifs is 1. The van der Waals surface area contributed by atoms with E-state index in [-0.39, 0.29) is 23.4 Å². The standard InChI is InChI=1S/C30H37F2N5O4/c1-18-17-36(4)11-12-37(18)29(38)41-26-15-23-24(16-25(26)39-5)34-20(3)35-28(23)33-19(2)21-8-6-9-22(14-21)30(31,32)27-10-7-13-40-27/h6,8-9,14-16,18-19,27H,7,10-13,17H2,1-5H3,(H,33,34,35)/t18-,19-,27?/m1/s1. The van der Waals surface area contributed by atoms with Crippen LogP contribution in [0.5, 0.6) is 11.5 Å². The molecule has 3 aromatic rings. The Morgan fingerprint density at radius 1 is 1.20 bits per heavy atom. The van der Waals surface area contributed by atoms with E-state index in [0.717, 1.165) is 13.1 Å². The van der Waals surface area contributed by atoms with Crippen molar-refractivity contribution >= 4 is 22.8 Å². The lowest BCUT2D eigenvalue weighted by Gasteiger charge is -2.37. The summed E-state index contributed by atoms with van der Waals surface area (Å²) in [4.78, 5) is 26.1. The Balaban J connectivity index is 1.43. The fourth-order valence-electron chi connectivity index (χ4n) is 5.52. The zero-order valence-electron chi connectivity index (χ0n) is 24.1. The lowest BCUT2D eigenvalue weighted by Crippen LogP contribution is -2.53. The van der Waals surface area contributed by atoms with Crippen LogP contribution in [-0.2, 0) is 10.7 Å². The molecule has 41 heavy (non-hydrogen) atoms. The highest BCUT2D eigenvalue weighted by molar-refractivity contribution is 5.92. The van der Waals surface area contributed by atoms with Crippen LogP contribution >= 0.6 is 0 Å². The van der Waals surface area contributed by atoms with Crippen molar-refractivity contribution in [1.29, 1.82) is 0 Å². The zero-order chi connectivity index (χ0) is 29.3. The zero-order valence-corrected chi connectivity index (χ0v) is 24.1. The van der Waals surface area contributed by atoms with Crippen molar-refractivity contribution in [2.45, 2.75) is 57.7 Å². The molecule has 2 aliphatic heterocycles. The summed E-state index contributed by atoms with van der Waals surface area (Å²) in [7, 11) is 3.53. The maximum absolute atomic E-state index is 15.2. The van der Waals surface area contributed by atoms with Gasteiger partial charge in [0.2, 0.25) is 0 Å². The summed E-state index contributed by atoms with van der Waals surface area (Å²) in [6, 6.07) is 9.42. The van der Waals surface area contributed by atoms with Gasteiger partial charge >= 0.3 is 6.09 Å². The average Bonchev–Trinajstić information content (AvgIpc) is 3.49. The molecule has 0 saturated carbocycles. The number of amides is 1. The topological polar surface area (TPSA) is 89.1 Å². The van der Waals surface area contributed by atoms with Crippen molar-refractivity contribution in [3.8, 4) is 11.5 Å². The number of hydrogen-bond acceptors (Lipinski definition) is 8. The van der Waals surface area contributed by atoms with Crippen molar-refractivity contribution in [2.24, 2.45) is 0 Å². The number of benzene rings is 2. The molecule has 1 unspecified atom stereocenters. The van der Waals surface area contributed by atoms with E-state index in [1.807, 2.05) is 20.9 Å². The monoisotopic (exact) mass is 569 g/mol. The van der Waals surface area contributed by atoms with Gasteiger partial charge in [-0.3, -0.25) is 0 Å². The van der Waals surface area contributed by atoms with Gasteiger partial charge in [0.25, 0.3) is 5.92 Å². The molecule has 2 saturated heterocycles. The van der Waals surface area contributed by atoms with Crippen LogP contribution in [0.15, 0.2) is 36.4 Å². The molecule has 220 valence electrons. The van der Waals surface area contributed by atoms with Crippen molar-refractivity contribution in [1.82, 2.24) is 19.8 Å². The summed E-state index contributed by atoms with van der Waals surface area (Å²) in [5, 5.41) is 3.97. The number of nitrogens with one attached hydrogen (secondary N) is 1. The molecule has 0 bridgehead atoms. The number of halogens is 2. The maximum Gasteiger partial charge on any atom is 0.415 e. The SMILES string of the molecule is COc1cc2nc(C)nc(N[C@H](C)c3cccc(C(F)(F)C4CCCO4)c3)c2cc1OC(=O)N1CCN(C)C[C@H]1C. The second kappa shape index (κ2) is 11.7. The molecular formula is C30H37F2N5O4. The third-order valence-corrected chi connectivity index (χ3v) is 7.81. The second-order valence-corrected chi connectivity index (χ2v) is 10.9. The van der Waals surface area contributed by atoms with Gasteiger partial charge in [0, 0.05) is 55.3 Å². The van der Waals surface area contributed by atoms with Gasteiger partial charge in [0.1, 0.15) is 17.7 Å². The summed E-state index contributed by atoms with van der Waals surface area (Å²) in [6.45, 7) is 8.07. The van der Waals surface area contributed by atoms with Crippen molar-refractivity contribution < 1.29 is 27.8 Å². The summed E-state index contributed by atoms with van der Waals surface area (Å²) in [5.41, 5.74) is 1.20. The summed E-state index contributed by atoms with van der Waals surface area (Å²) in [5.74, 6) is -1.46. The molecule has 11 heteroatoms. The number of nitrogens with zero attached hydrogens (tertiary/aromatic N) is 4. The molecule has 3 heterocycles. The molecule has 0 spiro atoms. The highest BCUT2D eigenvalue weighted by Crippen LogP contribution is 2.40. The first-order chi connectivity index (χ1) is 19.6. The minimum Gasteiger partial charge on any atom is -0.493 e. The van der Waals surface area contributed by atoms with Crippen LogP contribution in [0, 0.1) is 6.92 Å². The van der Waals surface area contributed by atoms with E-state index in [4.69, 9.17) is 14.2 Å². The summed E-state index contributed by atoms with van der Waals surface area (Å²) < 4.78 is 47.0. The van der Waals surface area contributed by atoms with E-state index in [0.29, 0.717) is 59.9 Å². The van der Waals surface area contributed by atoms with E-state index in [2.05, 4.69) is 20.2 Å². The third kappa shape index (κ3) is 6.06. The predicted octanol–water partition coefficient (Wildman–Crippen LogP) is 5.53. The molecule has 0 radical (unpaired) electrons. The number of anilines is 1. The number of aryl methyl sites for hydroxylation is 1. The minimum atomic E-state index is -3.08. The molecule has 0 aliphatic carbocycles. The number of ether oxygens (including phenoxy) is 3. The van der Waals surface area contributed by atoms with Crippen LogP contribution in [0.1, 0.15) is 49.7 Å². The highest BCUT2D eigenvalue weighted by atomic mass is 19.3. The van der Waals surface area contributed by atoms with Gasteiger partial charge in [-0.2, -0.15) is 8.78 Å². The molecule has 2 aromatic carbocycles. The van der Waals surface area contributed by atoms with Crippen molar-refractivity contribution in [2.75, 3.05) is 45.7 Å². The van der Waals surface area contributed by atoms with Gasteiger partial charge in [-0.25, -0.2) is 14.8 Å². The number of rotatable bonds is 7. The Hall–Kier alpha value is -3.57. The number of hydrogen-bond donors (Lipinski definition) is 1. The van der Waals surface area contributed by atoms with Gasteiger partial charge in [0.05, 0.1) is 12.6 Å². The lowest BCUT2D eigenvalue weighted by atomic mass is 9.97. The fraction of sp³-hybridized carbons (Fsp3) is 0.500. The molecule has 1 amide bonds. The quantitative estimate of drug-likeness (QED) is 0.398. The number of methoxy groups -OCH3 is 1. The van der Waals surface area contributed by atoms with Crippen molar-refractivity contribution in [3.05, 3.63) is 53.3 Å². The van der Waals surface area contributed by atoms with Crippen LogP contribution in [0.4, 0.5) is 19.4 Å². The normalized spacial score (nSPS) is 20.7. The first-order valence-corrected chi connectivity index (χ1v) is 14.0. The van der Waals surface area contributed by atoms with Crippen LogP contribution in [0.25, 0.3) is 10.9 Å². The lowest BCUT2D eigenvalue weighted by molar-refractivity contribution is -0.122. The molecule has 2 fully saturated rings. The van der Waals surface area contributed by atoms with Gasteiger partial charge in [0.15, 0.2) is 11.5 Å². The van der Waals surface area contributed by atoms with Crippen LogP contribution in [-0.4, -0.2) is 78.4 Å². The summed E-state index contributed by atoms with van der Waals surface area (Å²) in [6.07, 6.45) is -0.599. The highest BCUT2D eigenvalue weighted by Gasteiger charge is 2.44. The predicted molar refractivity (Wildman–Crippen MR) is 152 cm³/mol. The van der Waals surface area contributed by atoms with Gasteiger partial charge < -0.3 is 29.3 Å². The number of carbonyl (C=O) groups excluding carboxylic acids is 1. The van der Waals surface area contributed by atoms with Crippen LogP contribution in [0.2, 0.25) is 0 Å². The minimum absolute atomic E-state index is 0.000124. The van der Waals surface area contributed by atoms with Gasteiger partial charge in [-0.05, 0) is 58.4 Å².